The van der Waals surface area contributed by atoms with Crippen molar-refractivity contribution in [3.8, 4) is 5.75 Å². The van der Waals surface area contributed by atoms with Crippen LogP contribution in [0.5, 0.6) is 5.75 Å². The third-order valence-corrected chi connectivity index (χ3v) is 16.6. The summed E-state index contributed by atoms with van der Waals surface area (Å²) in [5.41, 5.74) is 1.30. The number of aliphatic hydroxyl groups excluding tert-OH is 1. The highest BCUT2D eigenvalue weighted by atomic mass is 28.4. The zero-order valence-electron chi connectivity index (χ0n) is 35.1. The molecule has 9 heteroatoms. The molecule has 0 aromatic heterocycles. The second-order valence-electron chi connectivity index (χ2n) is 17.9. The van der Waals surface area contributed by atoms with Crippen LogP contribution < -0.4 is 4.74 Å². The monoisotopic (exact) mass is 768 g/mol. The molecule has 1 fully saturated rings. The van der Waals surface area contributed by atoms with Crippen molar-refractivity contribution in [2.45, 2.75) is 143 Å². The van der Waals surface area contributed by atoms with E-state index >= 15 is 0 Å². The minimum atomic E-state index is -2.20. The van der Waals surface area contributed by atoms with Crippen LogP contribution in [0, 0.1) is 35.5 Å². The van der Waals surface area contributed by atoms with Crippen LogP contribution in [0.4, 0.5) is 0 Å². The first-order chi connectivity index (χ1) is 25.4. The van der Waals surface area contributed by atoms with E-state index in [-0.39, 0.29) is 65.5 Å². The highest BCUT2D eigenvalue weighted by Gasteiger charge is 2.42. The predicted molar refractivity (Wildman–Crippen MR) is 220 cm³/mol. The standard InChI is InChI=1S/C45H72O8Si/c1-12-24-51-44(48)39-17-13-14-19-40(38-18-15-16-36(38)30-50-29-35-20-22-37(49-9)23-21-35)52-42(46)28-41(53-54(10,11)45(6,7)8)33(4)26-31(2)25-32(3)27-34(5)43(39)47/h12-14,17,20-23,31-34,36,38,40-41,43,47H,1,15-16,18-19,24-30H2,2-11H3/b14-13+,39-17+/t31-,32+,33-,34-,36-,38+,40-,41-,43-/m0/s1. The lowest BCUT2D eigenvalue weighted by molar-refractivity contribution is -0.155. The van der Waals surface area contributed by atoms with Crippen molar-refractivity contribution < 1.29 is 38.1 Å². The Hall–Kier alpha value is -2.72. The van der Waals surface area contributed by atoms with Crippen LogP contribution in [0.3, 0.4) is 0 Å². The fraction of sp³-hybridized carbons (Fsp3) is 0.689. The van der Waals surface area contributed by atoms with E-state index in [1.165, 1.54) is 6.08 Å². The smallest absolute Gasteiger partial charge is 0.336 e. The first kappa shape index (κ1) is 45.7. The number of esters is 2. The summed E-state index contributed by atoms with van der Waals surface area (Å²) in [4.78, 5) is 27.2. The summed E-state index contributed by atoms with van der Waals surface area (Å²) >= 11 is 0. The molecule has 0 amide bonds. The average Bonchev–Trinajstić information content (AvgIpc) is 3.57. The average molecular weight is 769 g/mol. The molecule has 54 heavy (non-hydrogen) atoms. The number of cyclic esters (lactones) is 1. The number of ether oxygens (including phenoxy) is 4. The van der Waals surface area contributed by atoms with E-state index in [9.17, 15) is 14.7 Å². The number of hydrogen-bond acceptors (Lipinski definition) is 8. The van der Waals surface area contributed by atoms with E-state index in [1.807, 2.05) is 37.3 Å². The number of methoxy groups -OCH3 is 1. The molecule has 1 aromatic carbocycles. The van der Waals surface area contributed by atoms with Crippen LogP contribution in [0.15, 0.2) is 60.7 Å². The third kappa shape index (κ3) is 14.1. The van der Waals surface area contributed by atoms with E-state index in [0.717, 1.165) is 49.8 Å². The molecular weight excluding hydrogens is 697 g/mol. The van der Waals surface area contributed by atoms with Gasteiger partial charge in [-0.25, -0.2) is 4.79 Å². The summed E-state index contributed by atoms with van der Waals surface area (Å²) in [6, 6.07) is 7.90. The number of carbonyl (C=O) groups excluding carboxylic acids is 2. The highest BCUT2D eigenvalue weighted by molar-refractivity contribution is 6.74. The van der Waals surface area contributed by atoms with Crippen molar-refractivity contribution >= 4 is 20.3 Å². The Morgan fingerprint density at radius 1 is 1.02 bits per heavy atom. The van der Waals surface area contributed by atoms with E-state index < -0.39 is 20.4 Å². The molecule has 1 N–H and O–H groups in total. The fourth-order valence-electron chi connectivity index (χ4n) is 8.04. The van der Waals surface area contributed by atoms with Crippen LogP contribution in [-0.4, -0.2) is 64.0 Å². The topological polar surface area (TPSA) is 101 Å². The minimum absolute atomic E-state index is 0.000431. The fourth-order valence-corrected chi connectivity index (χ4v) is 9.47. The zero-order valence-corrected chi connectivity index (χ0v) is 36.1. The molecule has 0 unspecified atom stereocenters. The van der Waals surface area contributed by atoms with Gasteiger partial charge in [0.15, 0.2) is 8.32 Å². The molecule has 3 rings (SSSR count). The number of benzene rings is 1. The Bertz CT molecular complexity index is 1380. The van der Waals surface area contributed by atoms with Crippen molar-refractivity contribution in [1.82, 2.24) is 0 Å². The van der Waals surface area contributed by atoms with Gasteiger partial charge in [0.25, 0.3) is 0 Å². The summed E-state index contributed by atoms with van der Waals surface area (Å²) in [7, 11) is -0.541. The highest BCUT2D eigenvalue weighted by Crippen LogP contribution is 2.41. The first-order valence-electron chi connectivity index (χ1n) is 20.4. The summed E-state index contributed by atoms with van der Waals surface area (Å²) in [5.74, 6) is 1.07. The molecule has 2 aliphatic rings. The maximum Gasteiger partial charge on any atom is 0.336 e. The van der Waals surface area contributed by atoms with E-state index in [2.05, 4.69) is 61.2 Å². The summed E-state index contributed by atoms with van der Waals surface area (Å²) in [6.07, 6.45) is 11.6. The molecule has 1 aliphatic carbocycles. The van der Waals surface area contributed by atoms with Gasteiger partial charge in [0, 0.05) is 12.3 Å². The van der Waals surface area contributed by atoms with Gasteiger partial charge in [0.1, 0.15) is 18.5 Å². The van der Waals surface area contributed by atoms with Gasteiger partial charge in [-0.1, -0.05) is 91.8 Å². The quantitative estimate of drug-likeness (QED) is 0.135. The largest absolute Gasteiger partial charge is 0.497 e. The SMILES string of the molecule is C=CCOC(=O)/C1=C/C=C/C[C@@H]([C@@H]2CCC[C@H]2COCc2ccc(OC)cc2)OC(=O)C[C@H](O[Si](C)(C)C(C)(C)C)[C@@H](C)C[C@@H](C)C[C@@H](C)C[C@H](C)[C@@H]1O. The molecule has 0 bridgehead atoms. The minimum Gasteiger partial charge on any atom is -0.497 e. The number of hydrogen-bond donors (Lipinski definition) is 1. The Morgan fingerprint density at radius 3 is 2.31 bits per heavy atom. The van der Waals surface area contributed by atoms with Gasteiger partial charge in [-0.3, -0.25) is 4.79 Å². The number of aliphatic hydroxyl groups is 1. The van der Waals surface area contributed by atoms with Crippen LogP contribution >= 0.6 is 0 Å². The van der Waals surface area contributed by atoms with Crippen molar-refractivity contribution in [3.63, 3.8) is 0 Å². The van der Waals surface area contributed by atoms with Crippen LogP contribution in [0.2, 0.25) is 18.1 Å². The van der Waals surface area contributed by atoms with Crippen molar-refractivity contribution in [3.05, 3.63) is 66.3 Å². The second-order valence-corrected chi connectivity index (χ2v) is 22.6. The lowest BCUT2D eigenvalue weighted by Gasteiger charge is -2.41. The molecule has 1 saturated carbocycles. The lowest BCUT2D eigenvalue weighted by Crippen LogP contribution is -2.46. The van der Waals surface area contributed by atoms with Gasteiger partial charge in [-0.05, 0) is 104 Å². The molecule has 0 saturated heterocycles. The summed E-state index contributed by atoms with van der Waals surface area (Å²) in [5, 5.41) is 11.5. The number of allylic oxidation sites excluding steroid dienone is 2. The third-order valence-electron chi connectivity index (χ3n) is 12.1. The number of rotatable bonds is 11. The molecule has 304 valence electrons. The molecular formula is C45H72O8Si. The van der Waals surface area contributed by atoms with Crippen LogP contribution in [0.1, 0.15) is 105 Å². The van der Waals surface area contributed by atoms with Gasteiger partial charge >= 0.3 is 11.9 Å². The van der Waals surface area contributed by atoms with Gasteiger partial charge in [-0.15, -0.1) is 0 Å². The first-order valence-corrected chi connectivity index (χ1v) is 23.3. The summed E-state index contributed by atoms with van der Waals surface area (Å²) in [6.45, 7) is 24.7. The zero-order chi connectivity index (χ0) is 40.1. The normalized spacial score (nSPS) is 31.3. The Labute approximate surface area is 328 Å². The molecule has 1 aliphatic heterocycles. The summed E-state index contributed by atoms with van der Waals surface area (Å²) < 4.78 is 30.5. The Balaban J connectivity index is 1.94. The van der Waals surface area contributed by atoms with Crippen molar-refractivity contribution in [2.24, 2.45) is 35.5 Å². The molecule has 8 nitrogen and oxygen atoms in total. The van der Waals surface area contributed by atoms with E-state index in [4.69, 9.17) is 23.4 Å². The molecule has 0 spiro atoms. The Morgan fingerprint density at radius 2 is 1.69 bits per heavy atom. The van der Waals surface area contributed by atoms with E-state index in [0.29, 0.717) is 31.5 Å². The van der Waals surface area contributed by atoms with Crippen molar-refractivity contribution in [1.29, 1.82) is 0 Å². The second kappa shape index (κ2) is 21.5. The van der Waals surface area contributed by atoms with Gasteiger partial charge < -0.3 is 28.5 Å². The molecule has 9 atom stereocenters. The van der Waals surface area contributed by atoms with Crippen LogP contribution in [0.25, 0.3) is 0 Å². The van der Waals surface area contributed by atoms with Crippen molar-refractivity contribution in [2.75, 3.05) is 20.3 Å². The molecule has 1 aromatic rings. The van der Waals surface area contributed by atoms with E-state index in [1.54, 1.807) is 19.3 Å². The van der Waals surface area contributed by atoms with Gasteiger partial charge in [0.2, 0.25) is 0 Å². The van der Waals surface area contributed by atoms with Gasteiger partial charge in [0.05, 0.1) is 44.5 Å². The Kier molecular flexibility index (Phi) is 18.2. The van der Waals surface area contributed by atoms with Crippen LogP contribution in [-0.2, 0) is 34.8 Å². The van der Waals surface area contributed by atoms with Gasteiger partial charge in [-0.2, -0.15) is 0 Å². The maximum atomic E-state index is 14.1. The maximum absolute atomic E-state index is 14.1. The molecule has 0 radical (unpaired) electrons. The number of carbonyl (C=O) groups is 2. The predicted octanol–water partition coefficient (Wildman–Crippen LogP) is 10.0. The lowest BCUT2D eigenvalue weighted by atomic mass is 9.82. The molecule has 1 heterocycles.